The van der Waals surface area contributed by atoms with Crippen molar-refractivity contribution in [2.75, 3.05) is 0 Å². The van der Waals surface area contributed by atoms with E-state index in [-0.39, 0.29) is 11.8 Å². The summed E-state index contributed by atoms with van der Waals surface area (Å²) < 4.78 is 40.2. The quantitative estimate of drug-likeness (QED) is 0.918. The molecule has 0 aromatic heterocycles. The van der Waals surface area contributed by atoms with Crippen LogP contribution in [0.25, 0.3) is 0 Å². The monoisotopic (exact) mass is 295 g/mol. The Balaban J connectivity index is 2.24. The van der Waals surface area contributed by atoms with Crippen molar-refractivity contribution in [3.05, 3.63) is 64.7 Å². The van der Waals surface area contributed by atoms with Crippen molar-refractivity contribution in [2.45, 2.75) is 26.3 Å². The van der Waals surface area contributed by atoms with Gasteiger partial charge in [0.25, 0.3) is 0 Å². The predicted octanol–water partition coefficient (Wildman–Crippen LogP) is 4.25. The van der Waals surface area contributed by atoms with Gasteiger partial charge in [0.1, 0.15) is 5.75 Å². The predicted molar refractivity (Wildman–Crippen MR) is 75.1 cm³/mol. The molecule has 2 rings (SSSR count). The van der Waals surface area contributed by atoms with Crippen molar-refractivity contribution in [1.82, 2.24) is 0 Å². The molecule has 112 valence electrons. The summed E-state index contributed by atoms with van der Waals surface area (Å²) in [6.45, 7) is 3.97. The molecule has 1 atom stereocenters. The Bertz CT molecular complexity index is 620. The van der Waals surface area contributed by atoms with Gasteiger partial charge in [-0.25, -0.2) is 0 Å². The molecule has 2 aromatic rings. The second kappa shape index (κ2) is 5.77. The third kappa shape index (κ3) is 3.76. The Labute approximate surface area is 121 Å². The van der Waals surface area contributed by atoms with Gasteiger partial charge in [0, 0.05) is 0 Å². The smallest absolute Gasteiger partial charge is 0.406 e. The standard InChI is InChI=1S/C16H16F3NO/c1-10-4-3-5-14(11(10)2)15(20)12-6-8-13(9-7-12)21-16(17,18)19/h3-9,15H,20H2,1-2H3/t15-/m1/s1. The number of nitrogens with two attached hydrogens (primary N) is 1. The molecule has 0 saturated carbocycles. The summed E-state index contributed by atoms with van der Waals surface area (Å²) in [6.07, 6.45) is -4.68. The van der Waals surface area contributed by atoms with Crippen LogP contribution in [0.3, 0.4) is 0 Å². The first-order valence-electron chi connectivity index (χ1n) is 6.45. The minimum Gasteiger partial charge on any atom is -0.406 e. The molecule has 21 heavy (non-hydrogen) atoms. The molecular formula is C16H16F3NO. The van der Waals surface area contributed by atoms with E-state index in [2.05, 4.69) is 4.74 Å². The summed E-state index contributed by atoms with van der Waals surface area (Å²) in [5.74, 6) is -0.251. The number of rotatable bonds is 3. The van der Waals surface area contributed by atoms with Crippen molar-refractivity contribution < 1.29 is 17.9 Å². The van der Waals surface area contributed by atoms with Gasteiger partial charge in [-0.1, -0.05) is 30.3 Å². The summed E-state index contributed by atoms with van der Waals surface area (Å²) in [4.78, 5) is 0. The number of halogens is 3. The lowest BCUT2D eigenvalue weighted by Crippen LogP contribution is -2.17. The van der Waals surface area contributed by atoms with Gasteiger partial charge in [-0.05, 0) is 48.2 Å². The van der Waals surface area contributed by atoms with Crippen LogP contribution < -0.4 is 10.5 Å². The van der Waals surface area contributed by atoms with Crippen molar-refractivity contribution in [3.8, 4) is 5.75 Å². The molecule has 0 aliphatic rings. The van der Waals surface area contributed by atoms with E-state index in [4.69, 9.17) is 5.73 Å². The average molecular weight is 295 g/mol. The Morgan fingerprint density at radius 2 is 1.62 bits per heavy atom. The minimum absolute atomic E-state index is 0.251. The summed E-state index contributed by atoms with van der Waals surface area (Å²) >= 11 is 0. The van der Waals surface area contributed by atoms with E-state index in [9.17, 15) is 13.2 Å². The molecule has 0 saturated heterocycles. The molecule has 0 bridgehead atoms. The highest BCUT2D eigenvalue weighted by atomic mass is 19.4. The van der Waals surface area contributed by atoms with Gasteiger partial charge < -0.3 is 10.5 Å². The van der Waals surface area contributed by atoms with E-state index in [1.165, 1.54) is 12.1 Å². The van der Waals surface area contributed by atoms with Crippen LogP contribution in [-0.4, -0.2) is 6.36 Å². The number of hydrogen-bond donors (Lipinski definition) is 1. The highest BCUT2D eigenvalue weighted by molar-refractivity contribution is 5.41. The summed E-state index contributed by atoms with van der Waals surface area (Å²) in [5, 5.41) is 0. The van der Waals surface area contributed by atoms with E-state index < -0.39 is 6.36 Å². The molecule has 0 unspecified atom stereocenters. The zero-order valence-corrected chi connectivity index (χ0v) is 11.7. The van der Waals surface area contributed by atoms with E-state index in [1.54, 1.807) is 12.1 Å². The first-order valence-corrected chi connectivity index (χ1v) is 6.45. The maximum Gasteiger partial charge on any atom is 0.573 e. The molecule has 2 nitrogen and oxygen atoms in total. The maximum absolute atomic E-state index is 12.1. The third-order valence-corrected chi connectivity index (χ3v) is 3.45. The molecule has 0 spiro atoms. The highest BCUT2D eigenvalue weighted by Crippen LogP contribution is 2.27. The lowest BCUT2D eigenvalue weighted by atomic mass is 9.93. The summed E-state index contributed by atoms with van der Waals surface area (Å²) in [6, 6.07) is 11.1. The minimum atomic E-state index is -4.68. The fourth-order valence-electron chi connectivity index (χ4n) is 2.17. The van der Waals surface area contributed by atoms with Crippen LogP contribution >= 0.6 is 0 Å². The number of ether oxygens (including phenoxy) is 1. The largest absolute Gasteiger partial charge is 0.573 e. The first-order chi connectivity index (χ1) is 9.78. The summed E-state index contributed by atoms with van der Waals surface area (Å²) in [5.41, 5.74) is 10.1. The third-order valence-electron chi connectivity index (χ3n) is 3.45. The molecule has 2 N–H and O–H groups in total. The average Bonchev–Trinajstić information content (AvgIpc) is 2.40. The van der Waals surface area contributed by atoms with Crippen molar-refractivity contribution in [1.29, 1.82) is 0 Å². The van der Waals surface area contributed by atoms with Crippen LogP contribution in [0.2, 0.25) is 0 Å². The van der Waals surface area contributed by atoms with Crippen molar-refractivity contribution in [2.24, 2.45) is 5.73 Å². The van der Waals surface area contributed by atoms with Gasteiger partial charge in [-0.3, -0.25) is 0 Å². The molecule has 0 fully saturated rings. The van der Waals surface area contributed by atoms with Crippen LogP contribution in [0.4, 0.5) is 13.2 Å². The molecule has 2 aromatic carbocycles. The molecule has 0 radical (unpaired) electrons. The van der Waals surface area contributed by atoms with Crippen LogP contribution in [0.15, 0.2) is 42.5 Å². The van der Waals surface area contributed by atoms with E-state index in [1.807, 2.05) is 32.0 Å². The van der Waals surface area contributed by atoms with Crippen LogP contribution in [-0.2, 0) is 0 Å². The second-order valence-corrected chi connectivity index (χ2v) is 4.88. The molecular weight excluding hydrogens is 279 g/mol. The molecule has 0 aliphatic heterocycles. The molecule has 0 aliphatic carbocycles. The fourth-order valence-corrected chi connectivity index (χ4v) is 2.17. The fraction of sp³-hybridized carbons (Fsp3) is 0.250. The molecule has 0 heterocycles. The lowest BCUT2D eigenvalue weighted by Gasteiger charge is -2.17. The number of alkyl halides is 3. The van der Waals surface area contributed by atoms with Gasteiger partial charge in [-0.15, -0.1) is 13.2 Å². The zero-order chi connectivity index (χ0) is 15.6. The highest BCUT2D eigenvalue weighted by Gasteiger charge is 2.31. The van der Waals surface area contributed by atoms with E-state index in [0.717, 1.165) is 22.3 Å². The second-order valence-electron chi connectivity index (χ2n) is 4.88. The van der Waals surface area contributed by atoms with E-state index in [0.29, 0.717) is 0 Å². The zero-order valence-electron chi connectivity index (χ0n) is 11.7. The van der Waals surface area contributed by atoms with Crippen LogP contribution in [0, 0.1) is 13.8 Å². The SMILES string of the molecule is Cc1cccc([C@H](N)c2ccc(OC(F)(F)F)cc2)c1C. The number of benzene rings is 2. The van der Waals surface area contributed by atoms with Crippen LogP contribution in [0.5, 0.6) is 5.75 Å². The van der Waals surface area contributed by atoms with E-state index >= 15 is 0 Å². The Morgan fingerprint density at radius 1 is 1.00 bits per heavy atom. The van der Waals surface area contributed by atoms with Crippen molar-refractivity contribution in [3.63, 3.8) is 0 Å². The van der Waals surface area contributed by atoms with Gasteiger partial charge in [0.05, 0.1) is 6.04 Å². The lowest BCUT2D eigenvalue weighted by molar-refractivity contribution is -0.274. The normalized spacial score (nSPS) is 13.0. The molecule has 5 heteroatoms. The van der Waals surface area contributed by atoms with Gasteiger partial charge in [0.2, 0.25) is 0 Å². The number of hydrogen-bond acceptors (Lipinski definition) is 2. The first kappa shape index (κ1) is 15.4. The summed E-state index contributed by atoms with van der Waals surface area (Å²) in [7, 11) is 0. The maximum atomic E-state index is 12.1. The number of aryl methyl sites for hydroxylation is 1. The Morgan fingerprint density at radius 3 is 2.19 bits per heavy atom. The van der Waals surface area contributed by atoms with Crippen molar-refractivity contribution >= 4 is 0 Å². The van der Waals surface area contributed by atoms with Gasteiger partial charge in [-0.2, -0.15) is 0 Å². The van der Waals surface area contributed by atoms with Gasteiger partial charge >= 0.3 is 6.36 Å². The topological polar surface area (TPSA) is 35.2 Å². The van der Waals surface area contributed by atoms with Gasteiger partial charge in [0.15, 0.2) is 0 Å². The Hall–Kier alpha value is -2.01. The molecule has 0 amide bonds. The Kier molecular flexibility index (Phi) is 4.23. The van der Waals surface area contributed by atoms with Crippen LogP contribution in [0.1, 0.15) is 28.3 Å².